The van der Waals surface area contributed by atoms with E-state index in [4.69, 9.17) is 9.40 Å². The van der Waals surface area contributed by atoms with Crippen molar-refractivity contribution in [2.75, 3.05) is 11.4 Å². The second kappa shape index (κ2) is 6.17. The maximum atomic E-state index is 5.77. The number of rotatable bonds is 7. The van der Waals surface area contributed by atoms with Crippen LogP contribution in [0.4, 0.5) is 6.01 Å². The van der Waals surface area contributed by atoms with Gasteiger partial charge in [-0.3, -0.25) is 0 Å². The summed E-state index contributed by atoms with van der Waals surface area (Å²) in [6.07, 6.45) is 9.70. The smallest absolute Gasteiger partial charge is 0.297 e. The van der Waals surface area contributed by atoms with Gasteiger partial charge in [0.2, 0.25) is 0 Å². The Morgan fingerprint density at radius 1 is 1.30 bits per heavy atom. The Hall–Kier alpha value is -1.03. The molecule has 0 unspecified atom stereocenters. The molecule has 0 amide bonds. The minimum atomic E-state index is 0.625. The van der Waals surface area contributed by atoms with E-state index >= 15 is 0 Å². The lowest BCUT2D eigenvalue weighted by molar-refractivity contribution is 0.463. The van der Waals surface area contributed by atoms with Crippen LogP contribution in [0.5, 0.6) is 0 Å². The molecule has 0 bridgehead atoms. The third-order valence-electron chi connectivity index (χ3n) is 4.26. The Kier molecular flexibility index (Phi) is 4.29. The van der Waals surface area contributed by atoms with Crippen LogP contribution in [-0.4, -0.2) is 23.6 Å². The molecule has 112 valence electrons. The molecule has 0 aromatic carbocycles. The van der Waals surface area contributed by atoms with E-state index in [1.54, 1.807) is 0 Å². The zero-order valence-electron chi connectivity index (χ0n) is 12.8. The molecule has 0 saturated heterocycles. The predicted molar refractivity (Wildman–Crippen MR) is 80.8 cm³/mol. The van der Waals surface area contributed by atoms with E-state index in [9.17, 15) is 0 Å². The Bertz CT molecular complexity index is 419. The molecule has 1 N–H and O–H groups in total. The quantitative estimate of drug-likeness (QED) is 0.830. The molecule has 2 aliphatic carbocycles. The molecule has 0 aliphatic heterocycles. The molecule has 2 saturated carbocycles. The van der Waals surface area contributed by atoms with Crippen LogP contribution >= 0.6 is 0 Å². The molecular weight excluding hydrogens is 250 g/mol. The van der Waals surface area contributed by atoms with Crippen LogP contribution in [0.1, 0.15) is 58.1 Å². The number of nitrogens with zero attached hydrogens (tertiary/aromatic N) is 2. The van der Waals surface area contributed by atoms with Crippen molar-refractivity contribution in [3.63, 3.8) is 0 Å². The maximum absolute atomic E-state index is 5.77. The van der Waals surface area contributed by atoms with Crippen LogP contribution in [0.3, 0.4) is 0 Å². The lowest BCUT2D eigenvalue weighted by atomic mass is 10.1. The van der Waals surface area contributed by atoms with Crippen molar-refractivity contribution in [2.45, 2.75) is 71.0 Å². The molecule has 0 atom stereocenters. The summed E-state index contributed by atoms with van der Waals surface area (Å²) in [4.78, 5) is 7.11. The van der Waals surface area contributed by atoms with Crippen molar-refractivity contribution in [3.05, 3.63) is 12.0 Å². The zero-order valence-corrected chi connectivity index (χ0v) is 12.8. The van der Waals surface area contributed by atoms with Crippen molar-refractivity contribution in [1.82, 2.24) is 10.3 Å². The molecule has 1 heterocycles. The van der Waals surface area contributed by atoms with Gasteiger partial charge in [0, 0.05) is 25.2 Å². The van der Waals surface area contributed by atoms with Gasteiger partial charge in [0.25, 0.3) is 6.01 Å². The van der Waals surface area contributed by atoms with Gasteiger partial charge in [-0.25, -0.2) is 0 Å². The van der Waals surface area contributed by atoms with E-state index in [2.05, 4.69) is 24.1 Å². The second-order valence-electron chi connectivity index (χ2n) is 6.76. The Morgan fingerprint density at radius 2 is 2.05 bits per heavy atom. The van der Waals surface area contributed by atoms with E-state index in [1.165, 1.54) is 38.5 Å². The topological polar surface area (TPSA) is 41.3 Å². The van der Waals surface area contributed by atoms with Crippen molar-refractivity contribution >= 4 is 6.01 Å². The minimum Gasteiger partial charge on any atom is -0.432 e. The summed E-state index contributed by atoms with van der Waals surface area (Å²) in [5, 5.41) is 3.49. The van der Waals surface area contributed by atoms with Gasteiger partial charge < -0.3 is 14.6 Å². The van der Waals surface area contributed by atoms with Gasteiger partial charge in [-0.2, -0.15) is 4.98 Å². The van der Waals surface area contributed by atoms with Crippen LogP contribution in [-0.2, 0) is 6.54 Å². The number of aromatic nitrogens is 1. The molecule has 1 aromatic heterocycles. The van der Waals surface area contributed by atoms with Gasteiger partial charge in [-0.05, 0) is 31.6 Å². The van der Waals surface area contributed by atoms with Crippen molar-refractivity contribution < 1.29 is 4.42 Å². The standard InChI is InChI=1S/C16H27N3O/c1-12(2)10-19(15-5-3-4-6-15)16-18-14(11-20-16)9-17-13-7-8-13/h11-13,15,17H,3-10H2,1-2H3. The lowest BCUT2D eigenvalue weighted by Crippen LogP contribution is -2.36. The summed E-state index contributed by atoms with van der Waals surface area (Å²) in [5.41, 5.74) is 1.04. The number of hydrogen-bond acceptors (Lipinski definition) is 4. The first-order chi connectivity index (χ1) is 9.72. The average molecular weight is 277 g/mol. The molecule has 0 radical (unpaired) electrons. The molecule has 2 fully saturated rings. The largest absolute Gasteiger partial charge is 0.432 e. The molecule has 4 nitrogen and oxygen atoms in total. The first-order valence-electron chi connectivity index (χ1n) is 8.17. The van der Waals surface area contributed by atoms with Gasteiger partial charge in [-0.1, -0.05) is 26.7 Å². The summed E-state index contributed by atoms with van der Waals surface area (Å²) in [7, 11) is 0. The highest BCUT2D eigenvalue weighted by Gasteiger charge is 2.27. The fourth-order valence-electron chi connectivity index (χ4n) is 3.04. The van der Waals surface area contributed by atoms with E-state index < -0.39 is 0 Å². The van der Waals surface area contributed by atoms with Gasteiger partial charge in [0.15, 0.2) is 0 Å². The highest BCUT2D eigenvalue weighted by atomic mass is 16.4. The number of nitrogens with one attached hydrogen (secondary N) is 1. The lowest BCUT2D eigenvalue weighted by Gasteiger charge is -2.28. The fourth-order valence-corrected chi connectivity index (χ4v) is 3.04. The van der Waals surface area contributed by atoms with Crippen molar-refractivity contribution in [1.29, 1.82) is 0 Å². The molecule has 20 heavy (non-hydrogen) atoms. The molecule has 1 aromatic rings. The SMILES string of the molecule is CC(C)CN(c1nc(CNC2CC2)co1)C1CCCC1. The summed E-state index contributed by atoms with van der Waals surface area (Å²) < 4.78 is 5.77. The summed E-state index contributed by atoms with van der Waals surface area (Å²) in [6.45, 7) is 6.41. The van der Waals surface area contributed by atoms with Crippen molar-refractivity contribution in [2.24, 2.45) is 5.92 Å². The van der Waals surface area contributed by atoms with Crippen LogP contribution < -0.4 is 10.2 Å². The van der Waals surface area contributed by atoms with E-state index in [-0.39, 0.29) is 0 Å². The van der Waals surface area contributed by atoms with Crippen LogP contribution in [0, 0.1) is 5.92 Å². The monoisotopic (exact) mass is 277 g/mol. The Labute approximate surface area is 121 Å². The summed E-state index contributed by atoms with van der Waals surface area (Å²) >= 11 is 0. The number of anilines is 1. The zero-order chi connectivity index (χ0) is 13.9. The van der Waals surface area contributed by atoms with Gasteiger partial charge in [-0.15, -0.1) is 0 Å². The molecule has 2 aliphatic rings. The molecular formula is C16H27N3O. The van der Waals surface area contributed by atoms with E-state index in [0.29, 0.717) is 12.0 Å². The number of hydrogen-bond donors (Lipinski definition) is 1. The first kappa shape index (κ1) is 13.9. The molecule has 0 spiro atoms. The first-order valence-corrected chi connectivity index (χ1v) is 8.17. The third-order valence-corrected chi connectivity index (χ3v) is 4.26. The van der Waals surface area contributed by atoms with Gasteiger partial charge in [0.1, 0.15) is 6.26 Å². The Morgan fingerprint density at radius 3 is 2.70 bits per heavy atom. The van der Waals surface area contributed by atoms with Crippen LogP contribution in [0.15, 0.2) is 10.7 Å². The fraction of sp³-hybridized carbons (Fsp3) is 0.812. The highest BCUT2D eigenvalue weighted by Crippen LogP contribution is 2.28. The van der Waals surface area contributed by atoms with E-state index in [1.807, 2.05) is 6.26 Å². The van der Waals surface area contributed by atoms with Crippen LogP contribution in [0.2, 0.25) is 0 Å². The van der Waals surface area contributed by atoms with E-state index in [0.717, 1.165) is 30.8 Å². The summed E-state index contributed by atoms with van der Waals surface area (Å²) in [6, 6.07) is 2.18. The minimum absolute atomic E-state index is 0.625. The van der Waals surface area contributed by atoms with Gasteiger partial charge in [0.05, 0.1) is 5.69 Å². The van der Waals surface area contributed by atoms with Gasteiger partial charge >= 0.3 is 0 Å². The maximum Gasteiger partial charge on any atom is 0.297 e. The molecule has 3 rings (SSSR count). The predicted octanol–water partition coefficient (Wildman–Crippen LogP) is 3.33. The summed E-state index contributed by atoms with van der Waals surface area (Å²) in [5.74, 6) is 0.635. The second-order valence-corrected chi connectivity index (χ2v) is 6.76. The Balaban J connectivity index is 1.65. The van der Waals surface area contributed by atoms with Crippen molar-refractivity contribution in [3.8, 4) is 0 Å². The normalized spacial score (nSPS) is 19.9. The average Bonchev–Trinajstić information content (AvgIpc) is 2.93. The van der Waals surface area contributed by atoms with Crippen LogP contribution in [0.25, 0.3) is 0 Å². The third kappa shape index (κ3) is 3.54. The molecule has 4 heteroatoms. The highest BCUT2D eigenvalue weighted by molar-refractivity contribution is 5.30. The number of oxazole rings is 1.